The molecule has 0 aromatic carbocycles. The largest absolute Gasteiger partial charge is 0.472 e. The van der Waals surface area contributed by atoms with Crippen LogP contribution < -0.4 is 0 Å². The molecular formula is C30H57O12P. The third-order valence-corrected chi connectivity index (χ3v) is 8.57. The lowest BCUT2D eigenvalue weighted by Crippen LogP contribution is -2.64. The van der Waals surface area contributed by atoms with Crippen LogP contribution in [0.1, 0.15) is 116 Å². The standard InChI is InChI=1S/C30H57O12P/c1-2-3-4-5-6-7-8-9-10-11-12-13-14-15-16-17-18-19-20-24(32)40-21-23(31)22-41-43(38,39)42-30-28(36)26(34)25(33)27(35)29(30)37/h10-11,23,25-31,33-37H,2-9,12-22H2,1H3,(H,38,39)/b11-10-. The molecule has 1 aliphatic carbocycles. The summed E-state index contributed by atoms with van der Waals surface area (Å²) in [7, 11) is -4.99. The van der Waals surface area contributed by atoms with Crippen molar-refractivity contribution in [2.24, 2.45) is 0 Å². The maximum atomic E-state index is 12.1. The van der Waals surface area contributed by atoms with Crippen molar-refractivity contribution in [2.45, 2.75) is 159 Å². The molecule has 0 heterocycles. The number of aliphatic hydroxyl groups is 6. The second-order valence-corrected chi connectivity index (χ2v) is 12.9. The summed E-state index contributed by atoms with van der Waals surface area (Å²) in [6, 6.07) is 0. The molecule has 1 saturated carbocycles. The molecule has 6 atom stereocenters. The fourth-order valence-electron chi connectivity index (χ4n) is 4.87. The van der Waals surface area contributed by atoms with Crippen LogP contribution in [-0.4, -0.2) is 97.4 Å². The van der Waals surface area contributed by atoms with Crippen molar-refractivity contribution < 1.29 is 58.7 Å². The number of esters is 1. The Morgan fingerprint density at radius 1 is 0.698 bits per heavy atom. The van der Waals surface area contributed by atoms with Gasteiger partial charge in [-0.25, -0.2) is 4.57 Å². The van der Waals surface area contributed by atoms with E-state index < -0.39 is 69.7 Å². The molecule has 254 valence electrons. The van der Waals surface area contributed by atoms with E-state index in [4.69, 9.17) is 4.74 Å². The molecule has 0 aliphatic heterocycles. The number of allylic oxidation sites excluding steroid dienone is 2. The first-order chi connectivity index (χ1) is 20.5. The third-order valence-electron chi connectivity index (χ3n) is 7.59. The van der Waals surface area contributed by atoms with Gasteiger partial charge in [-0.3, -0.25) is 13.8 Å². The fraction of sp³-hybridized carbons (Fsp3) is 0.900. The lowest BCUT2D eigenvalue weighted by molar-refractivity contribution is -0.220. The van der Waals surface area contributed by atoms with Crippen LogP contribution in [0.4, 0.5) is 0 Å². The summed E-state index contributed by atoms with van der Waals surface area (Å²) in [5, 5.41) is 58.6. The number of hydrogen-bond acceptors (Lipinski definition) is 11. The molecule has 1 aliphatic rings. The summed E-state index contributed by atoms with van der Waals surface area (Å²) in [6.07, 6.45) is 10.6. The van der Waals surface area contributed by atoms with Crippen molar-refractivity contribution in [3.05, 3.63) is 12.2 Å². The highest BCUT2D eigenvalue weighted by Crippen LogP contribution is 2.47. The van der Waals surface area contributed by atoms with Crippen LogP contribution in [-0.2, 0) is 23.1 Å². The van der Waals surface area contributed by atoms with Crippen LogP contribution in [0, 0.1) is 0 Å². The van der Waals surface area contributed by atoms with Gasteiger partial charge in [0, 0.05) is 6.42 Å². The maximum absolute atomic E-state index is 12.1. The first-order valence-electron chi connectivity index (χ1n) is 16.0. The molecule has 13 heteroatoms. The van der Waals surface area contributed by atoms with E-state index in [9.17, 15) is 44.9 Å². The SMILES string of the molecule is CCCCCCCCC/C=C\CCCCCCCCCC(=O)OCC(O)COP(=O)(O)OC1C(O)C(O)C(O)C(O)C1O. The third kappa shape index (κ3) is 18.0. The van der Waals surface area contributed by atoms with Gasteiger partial charge in [0.15, 0.2) is 0 Å². The topological polar surface area (TPSA) is 203 Å². The van der Waals surface area contributed by atoms with E-state index in [-0.39, 0.29) is 6.42 Å². The van der Waals surface area contributed by atoms with Crippen LogP contribution in [0.15, 0.2) is 12.2 Å². The molecular weight excluding hydrogens is 583 g/mol. The Bertz CT molecular complexity index is 781. The number of phosphoric ester groups is 1. The summed E-state index contributed by atoms with van der Waals surface area (Å²) in [5.74, 6) is -0.513. The Balaban J connectivity index is 2.02. The monoisotopic (exact) mass is 640 g/mol. The normalized spacial score (nSPS) is 26.4. The molecule has 0 amide bonds. The van der Waals surface area contributed by atoms with Crippen molar-refractivity contribution in [2.75, 3.05) is 13.2 Å². The second kappa shape index (κ2) is 23.4. The first kappa shape index (κ1) is 40.1. The molecule has 0 aromatic rings. The number of carbonyl (C=O) groups excluding carboxylic acids is 1. The van der Waals surface area contributed by atoms with Gasteiger partial charge in [-0.1, -0.05) is 89.7 Å². The van der Waals surface area contributed by atoms with Crippen LogP contribution in [0.3, 0.4) is 0 Å². The minimum absolute atomic E-state index is 0.187. The number of hydrogen-bond donors (Lipinski definition) is 7. The Kier molecular flexibility index (Phi) is 21.8. The van der Waals surface area contributed by atoms with Gasteiger partial charge in [0.25, 0.3) is 0 Å². The second-order valence-electron chi connectivity index (χ2n) is 11.5. The van der Waals surface area contributed by atoms with Crippen molar-refractivity contribution in [1.82, 2.24) is 0 Å². The molecule has 0 spiro atoms. The molecule has 1 fully saturated rings. The molecule has 0 bridgehead atoms. The average Bonchev–Trinajstić information content (AvgIpc) is 2.98. The summed E-state index contributed by atoms with van der Waals surface area (Å²) in [5.41, 5.74) is 0. The predicted molar refractivity (Wildman–Crippen MR) is 161 cm³/mol. The number of rotatable bonds is 25. The number of ether oxygens (including phenoxy) is 1. The first-order valence-corrected chi connectivity index (χ1v) is 17.5. The number of phosphoric acid groups is 1. The molecule has 6 unspecified atom stereocenters. The Morgan fingerprint density at radius 2 is 1.14 bits per heavy atom. The van der Waals surface area contributed by atoms with Crippen molar-refractivity contribution in [3.63, 3.8) is 0 Å². The molecule has 0 saturated heterocycles. The highest BCUT2D eigenvalue weighted by Gasteiger charge is 2.51. The van der Waals surface area contributed by atoms with E-state index in [0.29, 0.717) is 6.42 Å². The van der Waals surface area contributed by atoms with Crippen molar-refractivity contribution in [3.8, 4) is 0 Å². The number of carbonyl (C=O) groups is 1. The van der Waals surface area contributed by atoms with E-state index in [2.05, 4.69) is 28.1 Å². The molecule has 0 aromatic heterocycles. The summed E-state index contributed by atoms with van der Waals surface area (Å²) in [6.45, 7) is 0.987. The zero-order valence-electron chi connectivity index (χ0n) is 25.8. The molecule has 7 N–H and O–H groups in total. The van der Waals surface area contributed by atoms with E-state index in [0.717, 1.165) is 25.7 Å². The van der Waals surface area contributed by atoms with Crippen molar-refractivity contribution >= 4 is 13.8 Å². The molecule has 1 rings (SSSR count). The van der Waals surface area contributed by atoms with E-state index in [1.807, 2.05) is 0 Å². The molecule has 12 nitrogen and oxygen atoms in total. The van der Waals surface area contributed by atoms with Gasteiger partial charge in [-0.05, 0) is 32.1 Å². The Labute approximate surface area is 256 Å². The van der Waals surface area contributed by atoms with Crippen molar-refractivity contribution in [1.29, 1.82) is 0 Å². The minimum Gasteiger partial charge on any atom is -0.463 e. The predicted octanol–water partition coefficient (Wildman–Crippen LogP) is 3.42. The molecule has 0 radical (unpaired) electrons. The highest BCUT2D eigenvalue weighted by molar-refractivity contribution is 7.47. The lowest BCUT2D eigenvalue weighted by atomic mass is 9.85. The minimum atomic E-state index is -4.99. The zero-order chi connectivity index (χ0) is 32.1. The smallest absolute Gasteiger partial charge is 0.463 e. The quantitative estimate of drug-likeness (QED) is 0.0332. The van der Waals surface area contributed by atoms with Gasteiger partial charge < -0.3 is 40.3 Å². The van der Waals surface area contributed by atoms with Gasteiger partial charge in [0.2, 0.25) is 0 Å². The van der Waals surface area contributed by atoms with Gasteiger partial charge in [0.05, 0.1) is 6.61 Å². The zero-order valence-corrected chi connectivity index (χ0v) is 26.6. The number of unbranched alkanes of at least 4 members (excludes halogenated alkanes) is 14. The number of aliphatic hydroxyl groups excluding tert-OH is 6. The van der Waals surface area contributed by atoms with Crippen LogP contribution >= 0.6 is 7.82 Å². The van der Waals surface area contributed by atoms with E-state index in [1.54, 1.807) is 0 Å². The van der Waals surface area contributed by atoms with Gasteiger partial charge >= 0.3 is 13.8 Å². The Hall–Kier alpha value is -0.920. The highest BCUT2D eigenvalue weighted by atomic mass is 31.2. The summed E-state index contributed by atoms with van der Waals surface area (Å²) >= 11 is 0. The molecule has 43 heavy (non-hydrogen) atoms. The van der Waals surface area contributed by atoms with Crippen LogP contribution in [0.25, 0.3) is 0 Å². The van der Waals surface area contributed by atoms with Gasteiger partial charge in [-0.2, -0.15) is 0 Å². The summed E-state index contributed by atoms with van der Waals surface area (Å²) < 4.78 is 26.4. The van der Waals surface area contributed by atoms with Crippen LogP contribution in [0.2, 0.25) is 0 Å². The lowest BCUT2D eigenvalue weighted by Gasteiger charge is -2.41. The van der Waals surface area contributed by atoms with Gasteiger partial charge in [0.1, 0.15) is 49.3 Å². The maximum Gasteiger partial charge on any atom is 0.472 e. The summed E-state index contributed by atoms with van der Waals surface area (Å²) in [4.78, 5) is 21.7. The average molecular weight is 641 g/mol. The Morgan fingerprint density at radius 3 is 1.65 bits per heavy atom. The fourth-order valence-corrected chi connectivity index (χ4v) is 5.84. The van der Waals surface area contributed by atoms with E-state index in [1.165, 1.54) is 70.6 Å². The van der Waals surface area contributed by atoms with Crippen LogP contribution in [0.5, 0.6) is 0 Å². The van der Waals surface area contributed by atoms with E-state index >= 15 is 0 Å². The van der Waals surface area contributed by atoms with Gasteiger partial charge in [-0.15, -0.1) is 0 Å².